The topological polar surface area (TPSA) is 70.4 Å². The molecule has 0 spiro atoms. The first-order chi connectivity index (χ1) is 9.45. The lowest BCUT2D eigenvalue weighted by Crippen LogP contribution is -2.37. The summed E-state index contributed by atoms with van der Waals surface area (Å²) in [7, 11) is 1.57. The zero-order valence-electron chi connectivity index (χ0n) is 11.2. The van der Waals surface area contributed by atoms with Gasteiger partial charge in [-0.2, -0.15) is 5.10 Å². The number of aromatic nitrogens is 2. The van der Waals surface area contributed by atoms with Crippen molar-refractivity contribution in [3.8, 4) is 0 Å². The number of alkyl halides is 2. The summed E-state index contributed by atoms with van der Waals surface area (Å²) in [6.07, 6.45) is 1.65. The average Bonchev–Trinajstić information content (AvgIpc) is 3.12. The molecule has 1 aliphatic rings. The number of hydrogen-bond donors (Lipinski definition) is 2. The fourth-order valence-corrected chi connectivity index (χ4v) is 1.88. The number of hydrogen-bond acceptors (Lipinski definition) is 3. The maximum absolute atomic E-state index is 12.2. The van der Waals surface area contributed by atoms with Crippen LogP contribution in [0.5, 0.6) is 0 Å². The normalized spacial score (nSPS) is 16.2. The Labute approximate surface area is 115 Å². The highest BCUT2D eigenvalue weighted by atomic mass is 19.3. The number of rotatable bonds is 6. The lowest BCUT2D eigenvalue weighted by Gasteiger charge is -2.20. The lowest BCUT2D eigenvalue weighted by molar-refractivity contribution is 0.117. The molecule has 112 valence electrons. The van der Waals surface area contributed by atoms with Crippen LogP contribution in [0.2, 0.25) is 0 Å². The van der Waals surface area contributed by atoms with Crippen molar-refractivity contribution in [1.82, 2.24) is 14.7 Å². The molecule has 0 radical (unpaired) electrons. The second-order valence-corrected chi connectivity index (χ2v) is 5.06. The van der Waals surface area contributed by atoms with Gasteiger partial charge in [0.2, 0.25) is 0 Å². The van der Waals surface area contributed by atoms with Crippen molar-refractivity contribution in [1.29, 1.82) is 0 Å². The molecule has 8 heteroatoms. The van der Waals surface area contributed by atoms with Gasteiger partial charge >= 0.3 is 6.03 Å². The number of anilines is 1. The molecule has 1 aromatic rings. The highest BCUT2D eigenvalue weighted by molar-refractivity contribution is 5.88. The van der Waals surface area contributed by atoms with E-state index < -0.39 is 25.1 Å². The molecule has 1 saturated carbocycles. The predicted octanol–water partition coefficient (Wildman–Crippen LogP) is 1.38. The summed E-state index contributed by atoms with van der Waals surface area (Å²) in [6, 6.07) is -0.402. The molecule has 2 N–H and O–H groups in total. The van der Waals surface area contributed by atoms with Crippen molar-refractivity contribution in [3.05, 3.63) is 12.4 Å². The van der Waals surface area contributed by atoms with Gasteiger partial charge in [-0.15, -0.1) is 0 Å². The summed E-state index contributed by atoms with van der Waals surface area (Å²) in [5, 5.41) is 16.0. The van der Waals surface area contributed by atoms with Crippen molar-refractivity contribution >= 4 is 11.7 Å². The Morgan fingerprint density at radius 3 is 2.95 bits per heavy atom. The number of halogens is 2. The molecule has 1 aromatic heterocycles. The number of aliphatic hydroxyl groups is 1. The van der Waals surface area contributed by atoms with Gasteiger partial charge in [-0.3, -0.25) is 4.68 Å². The van der Waals surface area contributed by atoms with Gasteiger partial charge in [-0.1, -0.05) is 0 Å². The summed E-state index contributed by atoms with van der Waals surface area (Å²) >= 11 is 0. The number of carbonyl (C=O) groups is 1. The zero-order valence-corrected chi connectivity index (χ0v) is 11.2. The van der Waals surface area contributed by atoms with Crippen LogP contribution in [-0.4, -0.2) is 51.9 Å². The Balaban J connectivity index is 1.81. The molecule has 2 amide bonds. The third-order valence-electron chi connectivity index (χ3n) is 3.18. The summed E-state index contributed by atoms with van der Waals surface area (Å²) in [6.45, 7) is -0.256. The van der Waals surface area contributed by atoms with Crippen LogP contribution in [0.25, 0.3) is 0 Å². The molecule has 20 heavy (non-hydrogen) atoms. The van der Waals surface area contributed by atoms with Gasteiger partial charge in [-0.25, -0.2) is 13.6 Å². The van der Waals surface area contributed by atoms with Crippen LogP contribution < -0.4 is 5.32 Å². The van der Waals surface area contributed by atoms with E-state index in [-0.39, 0.29) is 6.54 Å². The molecule has 1 fully saturated rings. The van der Waals surface area contributed by atoms with E-state index in [0.717, 1.165) is 17.5 Å². The maximum atomic E-state index is 12.2. The van der Waals surface area contributed by atoms with E-state index in [1.807, 2.05) is 0 Å². The van der Waals surface area contributed by atoms with Crippen molar-refractivity contribution in [2.45, 2.75) is 31.9 Å². The van der Waals surface area contributed by atoms with Crippen LogP contribution in [-0.2, 0) is 6.54 Å². The summed E-state index contributed by atoms with van der Waals surface area (Å²) in [5.41, 5.74) is 0.350. The Morgan fingerprint density at radius 1 is 1.65 bits per heavy atom. The fourth-order valence-electron chi connectivity index (χ4n) is 1.88. The second kappa shape index (κ2) is 6.17. The first-order valence-electron chi connectivity index (χ1n) is 6.46. The highest BCUT2D eigenvalue weighted by Gasteiger charge is 2.31. The van der Waals surface area contributed by atoms with Gasteiger partial charge in [-0.05, 0) is 18.8 Å². The summed E-state index contributed by atoms with van der Waals surface area (Å²) in [5.74, 6) is 0.291. The standard InChI is InChI=1S/C12H18F2N4O2/c1-17(6-10(19)8-2-3-8)12(20)16-9-4-15-18(5-9)7-11(13)14/h4-5,8,10-11,19H,2-3,6-7H2,1H3,(H,16,20). The van der Waals surface area contributed by atoms with Crippen LogP contribution in [0.4, 0.5) is 19.3 Å². The maximum Gasteiger partial charge on any atom is 0.321 e. The van der Waals surface area contributed by atoms with Gasteiger partial charge in [0, 0.05) is 19.8 Å². The van der Waals surface area contributed by atoms with Crippen molar-refractivity contribution in [2.75, 3.05) is 18.9 Å². The minimum Gasteiger partial charge on any atom is -0.391 e. The van der Waals surface area contributed by atoms with Crippen LogP contribution in [0.1, 0.15) is 12.8 Å². The SMILES string of the molecule is CN(CC(O)C1CC1)C(=O)Nc1cnn(CC(F)F)c1. The van der Waals surface area contributed by atoms with Crippen LogP contribution >= 0.6 is 0 Å². The van der Waals surface area contributed by atoms with Crippen molar-refractivity contribution in [3.63, 3.8) is 0 Å². The van der Waals surface area contributed by atoms with Crippen molar-refractivity contribution < 1.29 is 18.7 Å². The quantitative estimate of drug-likeness (QED) is 0.831. The highest BCUT2D eigenvalue weighted by Crippen LogP contribution is 2.32. The van der Waals surface area contributed by atoms with Gasteiger partial charge in [0.05, 0.1) is 18.0 Å². The number of amides is 2. The smallest absolute Gasteiger partial charge is 0.321 e. The largest absolute Gasteiger partial charge is 0.391 e. The van der Waals surface area contributed by atoms with Crippen LogP contribution in [0.15, 0.2) is 12.4 Å². The second-order valence-electron chi connectivity index (χ2n) is 5.06. The van der Waals surface area contributed by atoms with E-state index in [9.17, 15) is 18.7 Å². The van der Waals surface area contributed by atoms with Gasteiger partial charge in [0.25, 0.3) is 6.43 Å². The fraction of sp³-hybridized carbons (Fsp3) is 0.667. The van der Waals surface area contributed by atoms with Crippen LogP contribution in [0.3, 0.4) is 0 Å². The van der Waals surface area contributed by atoms with Crippen molar-refractivity contribution in [2.24, 2.45) is 5.92 Å². The Hall–Kier alpha value is -1.70. The van der Waals surface area contributed by atoms with Gasteiger partial charge in [0.1, 0.15) is 6.54 Å². The number of carbonyl (C=O) groups excluding carboxylic acids is 1. The molecule has 0 saturated heterocycles. The average molecular weight is 288 g/mol. The van der Waals surface area contributed by atoms with Crippen LogP contribution in [0, 0.1) is 5.92 Å². The minimum atomic E-state index is -2.49. The molecule has 1 atom stereocenters. The number of nitrogens with zero attached hydrogens (tertiary/aromatic N) is 3. The Morgan fingerprint density at radius 2 is 2.35 bits per heavy atom. The number of nitrogens with one attached hydrogen (secondary N) is 1. The van der Waals surface area contributed by atoms with E-state index in [4.69, 9.17) is 0 Å². The molecule has 1 unspecified atom stereocenters. The molecule has 6 nitrogen and oxygen atoms in total. The number of aliphatic hydroxyl groups excluding tert-OH is 1. The zero-order chi connectivity index (χ0) is 14.7. The Kier molecular flexibility index (Phi) is 4.53. The Bertz CT molecular complexity index is 462. The summed E-state index contributed by atoms with van der Waals surface area (Å²) in [4.78, 5) is 13.2. The minimum absolute atomic E-state index is 0.252. The van der Waals surface area contributed by atoms with E-state index in [0.29, 0.717) is 11.6 Å². The summed E-state index contributed by atoms with van der Waals surface area (Å²) < 4.78 is 25.4. The van der Waals surface area contributed by atoms with Gasteiger partial charge in [0.15, 0.2) is 0 Å². The number of urea groups is 1. The van der Waals surface area contributed by atoms with E-state index in [2.05, 4.69) is 10.4 Å². The van der Waals surface area contributed by atoms with Gasteiger partial charge < -0.3 is 15.3 Å². The molecular weight excluding hydrogens is 270 g/mol. The first kappa shape index (κ1) is 14.7. The molecule has 0 aromatic carbocycles. The molecule has 1 heterocycles. The third-order valence-corrected chi connectivity index (χ3v) is 3.18. The molecule has 1 aliphatic carbocycles. The third kappa shape index (κ3) is 4.16. The van der Waals surface area contributed by atoms with E-state index in [1.54, 1.807) is 7.05 Å². The van der Waals surface area contributed by atoms with E-state index in [1.165, 1.54) is 17.3 Å². The lowest BCUT2D eigenvalue weighted by atomic mass is 10.2. The molecular formula is C12H18F2N4O2. The molecule has 2 rings (SSSR count). The first-order valence-corrected chi connectivity index (χ1v) is 6.46. The molecule has 0 aliphatic heterocycles. The molecule has 0 bridgehead atoms. The monoisotopic (exact) mass is 288 g/mol. The number of likely N-dealkylation sites (N-methyl/N-ethyl adjacent to an activating group) is 1. The van der Waals surface area contributed by atoms with E-state index >= 15 is 0 Å². The predicted molar refractivity (Wildman–Crippen MR) is 68.6 cm³/mol.